The van der Waals surface area contributed by atoms with Crippen LogP contribution in [0.4, 0.5) is 5.82 Å². The first-order chi connectivity index (χ1) is 12.7. The van der Waals surface area contributed by atoms with E-state index < -0.39 is 0 Å². The Bertz CT molecular complexity index is 867. The molecule has 1 amide bonds. The van der Waals surface area contributed by atoms with E-state index in [0.29, 0.717) is 12.4 Å². The zero-order chi connectivity index (χ0) is 18.4. The Hall–Kier alpha value is -2.93. The Morgan fingerprint density at radius 2 is 2.15 bits per heavy atom. The van der Waals surface area contributed by atoms with Gasteiger partial charge in [0.25, 0.3) is 0 Å². The lowest BCUT2D eigenvalue weighted by atomic mass is 10.2. The summed E-state index contributed by atoms with van der Waals surface area (Å²) in [5.41, 5.74) is 2.28. The molecule has 26 heavy (non-hydrogen) atoms. The van der Waals surface area contributed by atoms with Crippen LogP contribution in [0.3, 0.4) is 0 Å². The minimum atomic E-state index is -0.0466. The predicted molar refractivity (Wildman–Crippen MR) is 105 cm³/mol. The number of hydrogen-bond acceptors (Lipinski definition) is 6. The van der Waals surface area contributed by atoms with E-state index in [9.17, 15) is 4.79 Å². The van der Waals surface area contributed by atoms with E-state index in [1.807, 2.05) is 19.1 Å². The van der Waals surface area contributed by atoms with Crippen LogP contribution in [0, 0.1) is 0 Å². The number of fused-ring (bicyclic) bond motifs is 1. The standard InChI is InChI=1S/C19H22N6O/c1-14(21-8-7-20-2)16-6-5-15-12-22-18(11-17(15)23-16)24-19(26)13-25-9-3-4-10-25/h5-8,11-12H,2-4,9-10,13H2,1H3,(H,22,24,26)/b8-7-,21-14+. The number of likely N-dealkylation sites (tertiary alicyclic amines) is 1. The highest BCUT2D eigenvalue weighted by atomic mass is 16.2. The van der Waals surface area contributed by atoms with Crippen LogP contribution in [-0.4, -0.2) is 52.8 Å². The van der Waals surface area contributed by atoms with Crippen LogP contribution >= 0.6 is 0 Å². The molecule has 7 nitrogen and oxygen atoms in total. The summed E-state index contributed by atoms with van der Waals surface area (Å²) >= 11 is 0. The van der Waals surface area contributed by atoms with Crippen LogP contribution in [0.25, 0.3) is 10.9 Å². The summed E-state index contributed by atoms with van der Waals surface area (Å²) < 4.78 is 0. The number of amides is 1. The van der Waals surface area contributed by atoms with Gasteiger partial charge in [-0.2, -0.15) is 0 Å². The second kappa shape index (κ2) is 8.44. The van der Waals surface area contributed by atoms with Crippen LogP contribution in [0.2, 0.25) is 0 Å². The molecule has 0 spiro atoms. The summed E-state index contributed by atoms with van der Waals surface area (Å²) in [6.07, 6.45) is 7.12. The zero-order valence-corrected chi connectivity index (χ0v) is 14.9. The van der Waals surface area contributed by atoms with Gasteiger partial charge in [-0.05, 0) is 51.7 Å². The van der Waals surface area contributed by atoms with Crippen molar-refractivity contribution in [2.24, 2.45) is 9.98 Å². The van der Waals surface area contributed by atoms with Crippen LogP contribution in [0.1, 0.15) is 25.5 Å². The molecule has 7 heteroatoms. The van der Waals surface area contributed by atoms with Gasteiger partial charge in [-0.1, -0.05) is 0 Å². The third-order valence-corrected chi connectivity index (χ3v) is 4.22. The maximum Gasteiger partial charge on any atom is 0.239 e. The van der Waals surface area contributed by atoms with E-state index in [2.05, 4.69) is 36.9 Å². The summed E-state index contributed by atoms with van der Waals surface area (Å²) in [6.45, 7) is 7.62. The van der Waals surface area contributed by atoms with E-state index in [1.54, 1.807) is 18.5 Å². The van der Waals surface area contributed by atoms with Crippen molar-refractivity contribution in [3.8, 4) is 0 Å². The number of hydrogen-bond donors (Lipinski definition) is 1. The SMILES string of the molecule is C=N/C=C\N=C(/C)c1ccc2cnc(NC(=O)CN3CCCC3)cc2n1. The topological polar surface area (TPSA) is 82.8 Å². The lowest BCUT2D eigenvalue weighted by Crippen LogP contribution is -2.31. The number of aliphatic imine (C=N–C) groups is 2. The molecule has 1 aliphatic heterocycles. The van der Waals surface area contributed by atoms with Gasteiger partial charge in [0.2, 0.25) is 5.91 Å². The van der Waals surface area contributed by atoms with Crippen LogP contribution < -0.4 is 5.32 Å². The van der Waals surface area contributed by atoms with Crippen molar-refractivity contribution in [2.75, 3.05) is 25.0 Å². The van der Waals surface area contributed by atoms with E-state index >= 15 is 0 Å². The van der Waals surface area contributed by atoms with E-state index in [4.69, 9.17) is 0 Å². The maximum atomic E-state index is 12.2. The summed E-state index contributed by atoms with van der Waals surface area (Å²) in [7, 11) is 0. The molecule has 3 rings (SSSR count). The number of carbonyl (C=O) groups excluding carboxylic acids is 1. The predicted octanol–water partition coefficient (Wildman–Crippen LogP) is 2.64. The Balaban J connectivity index is 1.76. The molecule has 0 radical (unpaired) electrons. The van der Waals surface area contributed by atoms with Crippen LogP contribution in [-0.2, 0) is 4.79 Å². The average Bonchev–Trinajstić information content (AvgIpc) is 3.14. The van der Waals surface area contributed by atoms with Gasteiger partial charge >= 0.3 is 0 Å². The Morgan fingerprint density at radius 3 is 2.92 bits per heavy atom. The van der Waals surface area contributed by atoms with Gasteiger partial charge in [-0.3, -0.25) is 19.7 Å². The molecule has 0 bridgehead atoms. The number of rotatable bonds is 6. The molecule has 0 aromatic carbocycles. The fourth-order valence-corrected chi connectivity index (χ4v) is 2.87. The molecule has 3 heterocycles. The van der Waals surface area contributed by atoms with Crippen molar-refractivity contribution in [2.45, 2.75) is 19.8 Å². The Kier molecular flexibility index (Phi) is 5.80. The molecule has 2 aromatic heterocycles. The van der Waals surface area contributed by atoms with Gasteiger partial charge in [0.1, 0.15) is 5.82 Å². The lowest BCUT2D eigenvalue weighted by Gasteiger charge is -2.13. The summed E-state index contributed by atoms with van der Waals surface area (Å²) in [6, 6.07) is 5.62. The molecular weight excluding hydrogens is 328 g/mol. The number of carbonyl (C=O) groups is 1. The van der Waals surface area contributed by atoms with Crippen LogP contribution in [0.5, 0.6) is 0 Å². The van der Waals surface area contributed by atoms with Crippen molar-refractivity contribution < 1.29 is 4.79 Å². The molecule has 1 N–H and O–H groups in total. The molecule has 0 unspecified atom stereocenters. The molecule has 2 aromatic rings. The smallest absolute Gasteiger partial charge is 0.239 e. The summed E-state index contributed by atoms with van der Waals surface area (Å²) in [5, 5.41) is 3.76. The van der Waals surface area contributed by atoms with Gasteiger partial charge in [0.15, 0.2) is 0 Å². The summed E-state index contributed by atoms with van der Waals surface area (Å²) in [4.78, 5) is 31.1. The second-order valence-corrected chi connectivity index (χ2v) is 6.19. The van der Waals surface area contributed by atoms with Gasteiger partial charge in [0, 0.05) is 30.0 Å². The molecule has 0 atom stereocenters. The molecular formula is C19H22N6O. The third-order valence-electron chi connectivity index (χ3n) is 4.22. The normalized spacial score (nSPS) is 15.7. The highest BCUT2D eigenvalue weighted by Crippen LogP contribution is 2.16. The number of anilines is 1. The minimum absolute atomic E-state index is 0.0466. The first-order valence-electron chi connectivity index (χ1n) is 8.60. The number of nitrogens with zero attached hydrogens (tertiary/aromatic N) is 5. The first kappa shape index (κ1) is 17.9. The lowest BCUT2D eigenvalue weighted by molar-refractivity contribution is -0.117. The monoisotopic (exact) mass is 350 g/mol. The first-order valence-corrected chi connectivity index (χ1v) is 8.60. The number of aromatic nitrogens is 2. The highest BCUT2D eigenvalue weighted by Gasteiger charge is 2.15. The number of nitrogens with one attached hydrogen (secondary N) is 1. The van der Waals surface area contributed by atoms with E-state index in [-0.39, 0.29) is 5.91 Å². The molecule has 1 aliphatic rings. The fourth-order valence-electron chi connectivity index (χ4n) is 2.87. The summed E-state index contributed by atoms with van der Waals surface area (Å²) in [5.74, 6) is 0.464. The number of pyridine rings is 2. The van der Waals surface area contributed by atoms with Crippen LogP contribution in [0.15, 0.2) is 46.8 Å². The Labute approximate surface area is 152 Å². The van der Waals surface area contributed by atoms with Gasteiger partial charge in [0.05, 0.1) is 23.5 Å². The maximum absolute atomic E-state index is 12.2. The van der Waals surface area contributed by atoms with E-state index in [0.717, 1.165) is 48.2 Å². The molecule has 0 aliphatic carbocycles. The third kappa shape index (κ3) is 4.58. The van der Waals surface area contributed by atoms with Crippen molar-refractivity contribution in [1.82, 2.24) is 14.9 Å². The molecule has 0 saturated carbocycles. The largest absolute Gasteiger partial charge is 0.310 e. The van der Waals surface area contributed by atoms with Crippen molar-refractivity contribution in [1.29, 1.82) is 0 Å². The quantitative estimate of drug-likeness (QED) is 0.812. The van der Waals surface area contributed by atoms with Crippen molar-refractivity contribution in [3.05, 3.63) is 42.5 Å². The Morgan fingerprint density at radius 1 is 1.35 bits per heavy atom. The highest BCUT2D eigenvalue weighted by molar-refractivity contribution is 5.99. The molecule has 1 saturated heterocycles. The van der Waals surface area contributed by atoms with Gasteiger partial charge in [-0.25, -0.2) is 9.97 Å². The van der Waals surface area contributed by atoms with Gasteiger partial charge in [-0.15, -0.1) is 0 Å². The zero-order valence-electron chi connectivity index (χ0n) is 14.9. The average molecular weight is 350 g/mol. The van der Waals surface area contributed by atoms with Crippen molar-refractivity contribution >= 4 is 35.1 Å². The van der Waals surface area contributed by atoms with E-state index in [1.165, 1.54) is 6.20 Å². The van der Waals surface area contributed by atoms with Gasteiger partial charge < -0.3 is 5.32 Å². The minimum Gasteiger partial charge on any atom is -0.310 e. The second-order valence-electron chi connectivity index (χ2n) is 6.19. The molecule has 134 valence electrons. The van der Waals surface area contributed by atoms with Crippen molar-refractivity contribution in [3.63, 3.8) is 0 Å². The fraction of sp³-hybridized carbons (Fsp3) is 0.316. The molecule has 1 fully saturated rings.